The lowest BCUT2D eigenvalue weighted by Gasteiger charge is -2.04. The number of hydrogen-bond acceptors (Lipinski definition) is 4. The van der Waals surface area contributed by atoms with Crippen molar-refractivity contribution in [1.29, 1.82) is 0 Å². The monoisotopic (exact) mass is 257 g/mol. The minimum absolute atomic E-state index is 0.0703. The average Bonchev–Trinajstić information content (AvgIpc) is 2.25. The third-order valence-electron chi connectivity index (χ3n) is 2.27. The van der Waals surface area contributed by atoms with E-state index in [0.29, 0.717) is 10.9 Å². The Morgan fingerprint density at radius 3 is 2.61 bits per heavy atom. The molecule has 0 aliphatic rings. The molecule has 0 spiro atoms. The summed E-state index contributed by atoms with van der Waals surface area (Å²) in [5, 5.41) is 10.3. The largest absolute Gasteiger partial charge is 0.493 e. The summed E-state index contributed by atoms with van der Waals surface area (Å²) in [4.78, 5) is 7.79. The first-order valence-electron chi connectivity index (χ1n) is 5.64. The van der Waals surface area contributed by atoms with Crippen molar-refractivity contribution in [2.24, 2.45) is 0 Å². The summed E-state index contributed by atoms with van der Waals surface area (Å²) in [6.45, 7) is 6.55. The van der Waals surface area contributed by atoms with Gasteiger partial charge in [-0.25, -0.2) is 4.98 Å². The number of nitrogens with two attached hydrogens (primary N) is 1. The Bertz CT molecular complexity index is 665. The molecule has 92 valence electrons. The number of benzene rings is 1. The number of hydrogen-bond donors (Lipinski definition) is 2. The Hall–Kier alpha value is -2.06. The van der Waals surface area contributed by atoms with Gasteiger partial charge in [-0.2, -0.15) is 4.98 Å². The van der Waals surface area contributed by atoms with Gasteiger partial charge in [0.15, 0.2) is 0 Å². The van der Waals surface area contributed by atoms with Crippen molar-refractivity contribution in [3.63, 3.8) is 0 Å². The maximum absolute atomic E-state index is 9.73. The van der Waals surface area contributed by atoms with Crippen molar-refractivity contribution in [3.05, 3.63) is 23.8 Å². The van der Waals surface area contributed by atoms with Crippen LogP contribution in [0.2, 0.25) is 19.6 Å². The lowest BCUT2D eigenvalue weighted by molar-refractivity contribution is 0.460. The molecular formula is C13H15N3OSi. The molecule has 4 nitrogen and oxygen atoms in total. The van der Waals surface area contributed by atoms with E-state index in [0.717, 1.165) is 5.56 Å². The van der Waals surface area contributed by atoms with E-state index < -0.39 is 8.07 Å². The molecule has 18 heavy (non-hydrogen) atoms. The van der Waals surface area contributed by atoms with Crippen molar-refractivity contribution in [3.8, 4) is 17.3 Å². The van der Waals surface area contributed by atoms with Gasteiger partial charge in [-0.15, -0.1) is 5.54 Å². The molecule has 0 saturated carbocycles. The van der Waals surface area contributed by atoms with Crippen molar-refractivity contribution in [2.75, 3.05) is 5.73 Å². The van der Waals surface area contributed by atoms with Crippen LogP contribution in [0.4, 0.5) is 5.95 Å². The molecule has 0 saturated heterocycles. The Labute approximate surface area is 107 Å². The predicted octanol–water partition coefficient (Wildman–Crippen LogP) is 2.15. The molecule has 2 aromatic rings. The van der Waals surface area contributed by atoms with Crippen LogP contribution in [-0.4, -0.2) is 23.1 Å². The predicted molar refractivity (Wildman–Crippen MR) is 75.8 cm³/mol. The highest BCUT2D eigenvalue weighted by atomic mass is 28.3. The topological polar surface area (TPSA) is 72.0 Å². The van der Waals surface area contributed by atoms with Gasteiger partial charge in [-0.05, 0) is 18.2 Å². The van der Waals surface area contributed by atoms with Crippen molar-refractivity contribution >= 4 is 24.9 Å². The van der Waals surface area contributed by atoms with Gasteiger partial charge < -0.3 is 10.8 Å². The summed E-state index contributed by atoms with van der Waals surface area (Å²) in [5.74, 6) is 3.10. The Morgan fingerprint density at radius 1 is 1.22 bits per heavy atom. The molecule has 5 heteroatoms. The lowest BCUT2D eigenvalue weighted by atomic mass is 10.1. The van der Waals surface area contributed by atoms with Crippen LogP contribution in [-0.2, 0) is 0 Å². The van der Waals surface area contributed by atoms with Gasteiger partial charge in [0.05, 0.1) is 10.9 Å². The summed E-state index contributed by atoms with van der Waals surface area (Å²) < 4.78 is 0. The second-order valence-electron chi connectivity index (χ2n) is 5.14. The van der Waals surface area contributed by atoms with E-state index in [9.17, 15) is 5.11 Å². The van der Waals surface area contributed by atoms with Crippen LogP contribution < -0.4 is 5.73 Å². The first-order valence-corrected chi connectivity index (χ1v) is 9.14. The lowest BCUT2D eigenvalue weighted by Crippen LogP contribution is -2.16. The fourth-order valence-corrected chi connectivity index (χ4v) is 1.99. The summed E-state index contributed by atoms with van der Waals surface area (Å²) in [7, 11) is -1.40. The molecule has 1 aromatic carbocycles. The normalized spacial score (nSPS) is 11.1. The molecule has 1 heterocycles. The molecule has 0 aliphatic heterocycles. The van der Waals surface area contributed by atoms with Crippen LogP contribution in [0, 0.1) is 11.5 Å². The molecule has 0 fully saturated rings. The maximum Gasteiger partial charge on any atom is 0.223 e. The highest BCUT2D eigenvalue weighted by Gasteiger charge is 2.08. The first-order chi connectivity index (χ1) is 8.35. The van der Waals surface area contributed by atoms with Gasteiger partial charge in [-0.1, -0.05) is 25.6 Å². The van der Waals surface area contributed by atoms with Crippen molar-refractivity contribution in [2.45, 2.75) is 19.6 Å². The van der Waals surface area contributed by atoms with E-state index in [1.54, 1.807) is 12.1 Å². The number of nitrogens with zero attached hydrogens (tertiary/aromatic N) is 2. The fourth-order valence-electron chi connectivity index (χ4n) is 1.47. The first kappa shape index (κ1) is 12.4. The van der Waals surface area contributed by atoms with Crippen LogP contribution in [0.1, 0.15) is 5.56 Å². The minimum Gasteiger partial charge on any atom is -0.493 e. The van der Waals surface area contributed by atoms with Gasteiger partial charge in [0.25, 0.3) is 0 Å². The zero-order valence-corrected chi connectivity index (χ0v) is 11.7. The van der Waals surface area contributed by atoms with E-state index >= 15 is 0 Å². The smallest absolute Gasteiger partial charge is 0.223 e. The molecule has 0 bridgehead atoms. The highest BCUT2D eigenvalue weighted by molar-refractivity contribution is 6.83. The maximum atomic E-state index is 9.73. The third-order valence-corrected chi connectivity index (χ3v) is 3.15. The second-order valence-corrected chi connectivity index (χ2v) is 9.89. The molecule has 0 radical (unpaired) electrons. The summed E-state index contributed by atoms with van der Waals surface area (Å²) in [5.41, 5.74) is 10.2. The number of fused-ring (bicyclic) bond motifs is 1. The van der Waals surface area contributed by atoms with Crippen LogP contribution >= 0.6 is 0 Å². The minimum atomic E-state index is -1.40. The number of anilines is 1. The second kappa shape index (κ2) is 4.31. The molecule has 2 rings (SSSR count). The van der Waals surface area contributed by atoms with Crippen LogP contribution in [0.5, 0.6) is 5.88 Å². The van der Waals surface area contributed by atoms with Crippen molar-refractivity contribution < 1.29 is 5.11 Å². The quantitative estimate of drug-likeness (QED) is 0.560. The Balaban J connectivity index is 2.53. The Kier molecular flexibility index (Phi) is 2.97. The number of rotatable bonds is 0. The van der Waals surface area contributed by atoms with E-state index in [-0.39, 0.29) is 11.8 Å². The molecule has 3 N–H and O–H groups in total. The van der Waals surface area contributed by atoms with E-state index in [2.05, 4.69) is 41.1 Å². The summed E-state index contributed by atoms with van der Waals surface area (Å²) in [6.07, 6.45) is 0. The SMILES string of the molecule is C[Si](C)(C)C#Cc1ccc2nc(N)nc(O)c2c1. The molecule has 0 amide bonds. The Morgan fingerprint density at radius 2 is 1.94 bits per heavy atom. The zero-order chi connectivity index (χ0) is 13.3. The molecule has 0 atom stereocenters. The molecule has 0 unspecified atom stereocenters. The number of aromatic hydroxyl groups is 1. The molecular weight excluding hydrogens is 242 g/mol. The van der Waals surface area contributed by atoms with Gasteiger partial charge >= 0.3 is 0 Å². The van der Waals surface area contributed by atoms with Crippen LogP contribution in [0.25, 0.3) is 10.9 Å². The van der Waals surface area contributed by atoms with Gasteiger partial charge in [-0.3, -0.25) is 0 Å². The molecule has 1 aromatic heterocycles. The number of nitrogen functional groups attached to an aromatic ring is 1. The van der Waals surface area contributed by atoms with Crippen LogP contribution in [0.15, 0.2) is 18.2 Å². The standard InChI is InChI=1S/C13H15N3OSi/c1-18(2,3)7-6-9-4-5-11-10(8-9)12(17)16-13(14)15-11/h4-5,8H,1-3H3,(H3,14,15,16,17). The summed E-state index contributed by atoms with van der Waals surface area (Å²) >= 11 is 0. The van der Waals surface area contributed by atoms with E-state index in [4.69, 9.17) is 5.73 Å². The summed E-state index contributed by atoms with van der Waals surface area (Å²) in [6, 6.07) is 5.46. The third kappa shape index (κ3) is 2.79. The van der Waals surface area contributed by atoms with Gasteiger partial charge in [0, 0.05) is 5.56 Å². The van der Waals surface area contributed by atoms with Crippen molar-refractivity contribution in [1.82, 2.24) is 9.97 Å². The zero-order valence-electron chi connectivity index (χ0n) is 10.7. The average molecular weight is 257 g/mol. The van der Waals surface area contributed by atoms with Crippen LogP contribution in [0.3, 0.4) is 0 Å². The van der Waals surface area contributed by atoms with Gasteiger partial charge in [0.2, 0.25) is 11.8 Å². The van der Waals surface area contributed by atoms with E-state index in [1.165, 1.54) is 0 Å². The highest BCUT2D eigenvalue weighted by Crippen LogP contribution is 2.22. The molecule has 0 aliphatic carbocycles. The number of aromatic nitrogens is 2. The van der Waals surface area contributed by atoms with E-state index in [1.807, 2.05) is 6.07 Å². The fraction of sp³-hybridized carbons (Fsp3) is 0.231. The van der Waals surface area contributed by atoms with Gasteiger partial charge in [0.1, 0.15) is 8.07 Å².